The number of sulfonamides is 1. The van der Waals surface area contributed by atoms with Crippen LogP contribution in [-0.2, 0) is 14.8 Å². The van der Waals surface area contributed by atoms with Crippen LogP contribution in [0.25, 0.3) is 0 Å². The van der Waals surface area contributed by atoms with Gasteiger partial charge in [0.15, 0.2) is 0 Å². The molecule has 1 saturated carbocycles. The van der Waals surface area contributed by atoms with Crippen molar-refractivity contribution < 1.29 is 17.5 Å². The molecule has 1 aliphatic rings. The zero-order valence-corrected chi connectivity index (χ0v) is 12.3. The number of methoxy groups -OCH3 is 1. The molecule has 0 radical (unpaired) electrons. The third-order valence-corrected chi connectivity index (χ3v) is 5.18. The largest absolute Gasteiger partial charge is 0.398 e. The Bertz CT molecular complexity index is 604. The first kappa shape index (κ1) is 15.2. The average Bonchev–Trinajstić information content (AvgIpc) is 2.80. The Kier molecular flexibility index (Phi) is 4.31. The summed E-state index contributed by atoms with van der Waals surface area (Å²) in [5, 5.41) is 0. The molecule has 7 heteroatoms. The van der Waals surface area contributed by atoms with Crippen LogP contribution >= 0.6 is 0 Å². The quantitative estimate of drug-likeness (QED) is 0.827. The molecule has 2 rings (SSSR count). The van der Waals surface area contributed by atoms with Crippen LogP contribution in [0.2, 0.25) is 0 Å². The van der Waals surface area contributed by atoms with E-state index in [2.05, 4.69) is 4.72 Å². The molecule has 0 heterocycles. The molecule has 3 N–H and O–H groups in total. The van der Waals surface area contributed by atoms with E-state index in [0.29, 0.717) is 12.0 Å². The predicted molar refractivity (Wildman–Crippen MR) is 74.3 cm³/mol. The lowest BCUT2D eigenvalue weighted by atomic mass is 10.2. The first-order valence-corrected chi connectivity index (χ1v) is 7.94. The van der Waals surface area contributed by atoms with Gasteiger partial charge < -0.3 is 10.5 Å². The third kappa shape index (κ3) is 2.94. The molecule has 0 bridgehead atoms. The van der Waals surface area contributed by atoms with Crippen molar-refractivity contribution >= 4 is 15.7 Å². The van der Waals surface area contributed by atoms with Crippen LogP contribution in [0.4, 0.5) is 10.1 Å². The van der Waals surface area contributed by atoms with Crippen molar-refractivity contribution in [1.29, 1.82) is 0 Å². The average molecular weight is 302 g/mol. The minimum Gasteiger partial charge on any atom is -0.398 e. The Morgan fingerprint density at radius 3 is 2.75 bits per heavy atom. The number of rotatable bonds is 4. The molecule has 1 aromatic rings. The van der Waals surface area contributed by atoms with Gasteiger partial charge in [0.1, 0.15) is 10.7 Å². The topological polar surface area (TPSA) is 81.4 Å². The molecule has 2 unspecified atom stereocenters. The number of anilines is 1. The first-order chi connectivity index (χ1) is 9.35. The lowest BCUT2D eigenvalue weighted by Gasteiger charge is -2.20. The van der Waals surface area contributed by atoms with Gasteiger partial charge in [-0.25, -0.2) is 17.5 Å². The minimum absolute atomic E-state index is 0.171. The summed E-state index contributed by atoms with van der Waals surface area (Å²) in [5.41, 5.74) is 6.43. The van der Waals surface area contributed by atoms with Crippen molar-refractivity contribution in [2.24, 2.45) is 0 Å². The summed E-state index contributed by atoms with van der Waals surface area (Å²) in [4.78, 5) is -0.414. The van der Waals surface area contributed by atoms with Crippen LogP contribution in [0.1, 0.15) is 24.8 Å². The highest BCUT2D eigenvalue weighted by atomic mass is 32.2. The van der Waals surface area contributed by atoms with Crippen molar-refractivity contribution in [2.75, 3.05) is 12.8 Å². The Balaban J connectivity index is 2.29. The number of nitrogens with one attached hydrogen (secondary N) is 1. The summed E-state index contributed by atoms with van der Waals surface area (Å²) in [6.07, 6.45) is 2.18. The third-order valence-electron chi connectivity index (χ3n) is 3.67. The van der Waals surface area contributed by atoms with Gasteiger partial charge in [-0.3, -0.25) is 0 Å². The second kappa shape index (κ2) is 5.67. The van der Waals surface area contributed by atoms with Gasteiger partial charge in [0.2, 0.25) is 10.0 Å². The summed E-state index contributed by atoms with van der Waals surface area (Å²) in [6, 6.07) is 1.96. The van der Waals surface area contributed by atoms with Gasteiger partial charge in [0, 0.05) is 18.8 Å². The molecular formula is C13H19FN2O3S. The van der Waals surface area contributed by atoms with Crippen LogP contribution in [0.3, 0.4) is 0 Å². The second-order valence-corrected chi connectivity index (χ2v) is 6.75. The maximum absolute atomic E-state index is 13.9. The number of hydrogen-bond donors (Lipinski definition) is 2. The normalized spacial score (nSPS) is 23.1. The highest BCUT2D eigenvalue weighted by molar-refractivity contribution is 7.89. The number of ether oxygens (including phenoxy) is 1. The van der Waals surface area contributed by atoms with Gasteiger partial charge >= 0.3 is 0 Å². The van der Waals surface area contributed by atoms with Crippen molar-refractivity contribution in [3.8, 4) is 0 Å². The van der Waals surface area contributed by atoms with Crippen LogP contribution in [-0.4, -0.2) is 27.7 Å². The van der Waals surface area contributed by atoms with E-state index in [-0.39, 0.29) is 17.8 Å². The van der Waals surface area contributed by atoms with Gasteiger partial charge in [-0.2, -0.15) is 0 Å². The fourth-order valence-electron chi connectivity index (χ4n) is 2.48. The van der Waals surface area contributed by atoms with E-state index in [4.69, 9.17) is 10.5 Å². The summed E-state index contributed by atoms with van der Waals surface area (Å²) < 4.78 is 46.2. The molecule has 112 valence electrons. The fraction of sp³-hybridized carbons (Fsp3) is 0.538. The van der Waals surface area contributed by atoms with E-state index < -0.39 is 20.7 Å². The maximum atomic E-state index is 13.9. The predicted octanol–water partition coefficient (Wildman–Crippen LogP) is 1.56. The summed E-state index contributed by atoms with van der Waals surface area (Å²) in [5.74, 6) is -0.795. The highest BCUT2D eigenvalue weighted by Crippen LogP contribution is 2.26. The number of hydrogen-bond acceptors (Lipinski definition) is 4. The van der Waals surface area contributed by atoms with Gasteiger partial charge in [0.25, 0.3) is 0 Å². The fourth-order valence-corrected chi connectivity index (χ4v) is 3.87. The van der Waals surface area contributed by atoms with Gasteiger partial charge in [-0.15, -0.1) is 0 Å². The summed E-state index contributed by atoms with van der Waals surface area (Å²) in [7, 11) is -2.40. The number of nitrogens with two attached hydrogens (primary N) is 1. The van der Waals surface area contributed by atoms with Gasteiger partial charge in [0.05, 0.1) is 6.10 Å². The van der Waals surface area contributed by atoms with Crippen LogP contribution in [0, 0.1) is 12.7 Å². The van der Waals surface area contributed by atoms with Crippen molar-refractivity contribution in [2.45, 2.75) is 43.2 Å². The van der Waals surface area contributed by atoms with E-state index >= 15 is 0 Å². The lowest BCUT2D eigenvalue weighted by molar-refractivity contribution is 0.0916. The number of halogens is 1. The first-order valence-electron chi connectivity index (χ1n) is 6.46. The monoisotopic (exact) mass is 302 g/mol. The highest BCUT2D eigenvalue weighted by Gasteiger charge is 2.32. The van der Waals surface area contributed by atoms with Crippen molar-refractivity contribution in [1.82, 2.24) is 4.72 Å². The standard InChI is InChI=1S/C13H19FN2O3S/c1-8-6-9(14)13(7-10(8)15)20(17,18)16-11-4-3-5-12(11)19-2/h6-7,11-12,16H,3-5,15H2,1-2H3. The molecule has 0 spiro atoms. The Morgan fingerprint density at radius 2 is 2.10 bits per heavy atom. The molecule has 0 aromatic heterocycles. The molecule has 1 fully saturated rings. The Hall–Kier alpha value is -1.18. The van der Waals surface area contributed by atoms with E-state index in [1.807, 2.05) is 0 Å². The van der Waals surface area contributed by atoms with E-state index in [9.17, 15) is 12.8 Å². The molecule has 1 aliphatic carbocycles. The zero-order chi connectivity index (χ0) is 14.9. The number of nitrogen functional groups attached to an aromatic ring is 1. The molecule has 20 heavy (non-hydrogen) atoms. The molecule has 0 saturated heterocycles. The minimum atomic E-state index is -3.94. The second-order valence-electron chi connectivity index (χ2n) is 5.07. The Morgan fingerprint density at radius 1 is 1.40 bits per heavy atom. The lowest BCUT2D eigenvalue weighted by Crippen LogP contribution is -2.40. The molecule has 5 nitrogen and oxygen atoms in total. The van der Waals surface area contributed by atoms with Crippen molar-refractivity contribution in [3.63, 3.8) is 0 Å². The van der Waals surface area contributed by atoms with E-state index in [1.54, 1.807) is 14.0 Å². The SMILES string of the molecule is COC1CCCC1NS(=O)(=O)c1cc(N)c(C)cc1F. The summed E-state index contributed by atoms with van der Waals surface area (Å²) in [6.45, 7) is 1.63. The van der Waals surface area contributed by atoms with Gasteiger partial charge in [-0.1, -0.05) is 0 Å². The van der Waals surface area contributed by atoms with Crippen LogP contribution < -0.4 is 10.5 Å². The van der Waals surface area contributed by atoms with Crippen LogP contribution in [0.5, 0.6) is 0 Å². The Labute approximate surface area is 118 Å². The van der Waals surface area contributed by atoms with Crippen molar-refractivity contribution in [3.05, 3.63) is 23.5 Å². The molecule has 1 aromatic carbocycles. The van der Waals surface area contributed by atoms with Gasteiger partial charge in [-0.05, 0) is 43.9 Å². The molecule has 2 atom stereocenters. The molecule has 0 amide bonds. The summed E-state index contributed by atoms with van der Waals surface area (Å²) >= 11 is 0. The smallest absolute Gasteiger partial charge is 0.243 e. The molecule has 0 aliphatic heterocycles. The van der Waals surface area contributed by atoms with Crippen LogP contribution in [0.15, 0.2) is 17.0 Å². The molecular weight excluding hydrogens is 283 g/mol. The number of aryl methyl sites for hydroxylation is 1. The number of benzene rings is 1. The van der Waals surface area contributed by atoms with E-state index in [1.165, 1.54) is 0 Å². The maximum Gasteiger partial charge on any atom is 0.243 e. The van der Waals surface area contributed by atoms with E-state index in [0.717, 1.165) is 25.0 Å². The zero-order valence-electron chi connectivity index (χ0n) is 11.5.